The second-order valence-corrected chi connectivity index (χ2v) is 7.82. The van der Waals surface area contributed by atoms with E-state index in [0.717, 1.165) is 27.9 Å². The highest BCUT2D eigenvalue weighted by atomic mass is 16.3. The summed E-state index contributed by atoms with van der Waals surface area (Å²) in [5, 5.41) is 3.45. The first-order chi connectivity index (χ1) is 14.4. The molecule has 154 valence electrons. The standard InChI is InChI=1S/C25H27N3O2/c1-17-7-5-6-8-22(17)23(16-24(27-30)21-13-14-26-18(2)15-21)19-9-11-20(12-10-19)25(29)28(3)4/h5-15,23-24H,16H2,1-4H3/t23-,24?/m1/s1. The topological polar surface area (TPSA) is 62.6 Å². The number of amides is 1. The summed E-state index contributed by atoms with van der Waals surface area (Å²) >= 11 is 0. The summed E-state index contributed by atoms with van der Waals surface area (Å²) in [6.45, 7) is 3.98. The van der Waals surface area contributed by atoms with E-state index in [9.17, 15) is 9.70 Å². The van der Waals surface area contributed by atoms with Gasteiger partial charge in [0.15, 0.2) is 0 Å². The molecule has 0 fully saturated rings. The highest BCUT2D eigenvalue weighted by molar-refractivity contribution is 5.93. The van der Waals surface area contributed by atoms with Crippen molar-refractivity contribution >= 4 is 5.91 Å². The van der Waals surface area contributed by atoms with Gasteiger partial charge in [-0.25, -0.2) is 0 Å². The van der Waals surface area contributed by atoms with Gasteiger partial charge < -0.3 is 4.90 Å². The van der Waals surface area contributed by atoms with Crippen LogP contribution in [0.15, 0.2) is 72.0 Å². The summed E-state index contributed by atoms with van der Waals surface area (Å²) < 4.78 is 0. The lowest BCUT2D eigenvalue weighted by Gasteiger charge is -2.23. The fourth-order valence-electron chi connectivity index (χ4n) is 3.77. The van der Waals surface area contributed by atoms with Crippen molar-refractivity contribution in [1.82, 2.24) is 9.88 Å². The molecule has 5 nitrogen and oxygen atoms in total. The Morgan fingerprint density at radius 3 is 2.30 bits per heavy atom. The number of carbonyl (C=O) groups is 1. The molecule has 1 unspecified atom stereocenters. The van der Waals surface area contributed by atoms with Gasteiger partial charge in [0.25, 0.3) is 5.91 Å². The smallest absolute Gasteiger partial charge is 0.253 e. The monoisotopic (exact) mass is 401 g/mol. The number of aryl methyl sites for hydroxylation is 2. The Morgan fingerprint density at radius 2 is 1.70 bits per heavy atom. The summed E-state index contributed by atoms with van der Waals surface area (Å²) in [7, 11) is 3.48. The molecular formula is C25H27N3O2. The fraction of sp³-hybridized carbons (Fsp3) is 0.280. The zero-order valence-corrected chi connectivity index (χ0v) is 17.9. The largest absolute Gasteiger partial charge is 0.345 e. The maximum absolute atomic E-state index is 12.3. The van der Waals surface area contributed by atoms with Crippen molar-refractivity contribution < 1.29 is 4.79 Å². The molecule has 0 N–H and O–H groups in total. The van der Waals surface area contributed by atoms with Crippen molar-refractivity contribution in [2.24, 2.45) is 5.18 Å². The highest BCUT2D eigenvalue weighted by Gasteiger charge is 2.24. The number of hydrogen-bond acceptors (Lipinski definition) is 4. The third-order valence-corrected chi connectivity index (χ3v) is 5.42. The molecule has 3 rings (SSSR count). The van der Waals surface area contributed by atoms with Gasteiger partial charge in [0, 0.05) is 37.5 Å². The Hall–Kier alpha value is -3.34. The summed E-state index contributed by atoms with van der Waals surface area (Å²) in [6, 6.07) is 19.1. The molecule has 1 aromatic heterocycles. The Balaban J connectivity index is 2.00. The van der Waals surface area contributed by atoms with E-state index in [1.54, 1.807) is 25.2 Å². The van der Waals surface area contributed by atoms with Gasteiger partial charge in [-0.05, 0) is 66.8 Å². The van der Waals surface area contributed by atoms with Gasteiger partial charge in [-0.15, -0.1) is 0 Å². The van der Waals surface area contributed by atoms with Gasteiger partial charge >= 0.3 is 0 Å². The van der Waals surface area contributed by atoms with E-state index in [1.165, 1.54) is 0 Å². The van der Waals surface area contributed by atoms with Crippen molar-refractivity contribution in [3.05, 3.63) is 105 Å². The first-order valence-corrected chi connectivity index (χ1v) is 10.0. The second-order valence-electron chi connectivity index (χ2n) is 7.82. The second kappa shape index (κ2) is 9.44. The zero-order chi connectivity index (χ0) is 21.7. The minimum absolute atomic E-state index is 0.0223. The lowest BCUT2D eigenvalue weighted by Crippen LogP contribution is -2.21. The lowest BCUT2D eigenvalue weighted by molar-refractivity contribution is 0.0827. The van der Waals surface area contributed by atoms with Crippen LogP contribution >= 0.6 is 0 Å². The summed E-state index contributed by atoms with van der Waals surface area (Å²) in [4.78, 5) is 29.8. The van der Waals surface area contributed by atoms with E-state index in [2.05, 4.69) is 29.2 Å². The first kappa shape index (κ1) is 21.4. The Bertz CT molecular complexity index is 1030. The first-order valence-electron chi connectivity index (χ1n) is 10.0. The number of hydrogen-bond donors (Lipinski definition) is 0. The predicted molar refractivity (Wildman–Crippen MR) is 120 cm³/mol. The molecule has 1 amide bonds. The zero-order valence-electron chi connectivity index (χ0n) is 17.9. The van der Waals surface area contributed by atoms with E-state index in [-0.39, 0.29) is 11.8 Å². The Kier molecular flexibility index (Phi) is 6.72. The Morgan fingerprint density at radius 1 is 1.00 bits per heavy atom. The van der Waals surface area contributed by atoms with Crippen molar-refractivity contribution in [1.29, 1.82) is 0 Å². The van der Waals surface area contributed by atoms with Crippen LogP contribution in [0.5, 0.6) is 0 Å². The number of carbonyl (C=O) groups excluding carboxylic acids is 1. The third-order valence-electron chi connectivity index (χ3n) is 5.42. The quantitative estimate of drug-likeness (QED) is 0.496. The molecule has 0 aliphatic heterocycles. The molecule has 0 aliphatic rings. The summed E-state index contributed by atoms with van der Waals surface area (Å²) in [5.41, 5.74) is 5.74. The summed E-state index contributed by atoms with van der Waals surface area (Å²) in [5.74, 6) is -0.0560. The van der Waals surface area contributed by atoms with E-state index >= 15 is 0 Å². The normalized spacial score (nSPS) is 12.8. The average Bonchev–Trinajstić information content (AvgIpc) is 2.75. The van der Waals surface area contributed by atoms with Crippen molar-refractivity contribution in [2.75, 3.05) is 14.1 Å². The fourth-order valence-corrected chi connectivity index (χ4v) is 3.77. The van der Waals surface area contributed by atoms with Crippen LogP contribution in [0.2, 0.25) is 0 Å². The molecule has 0 saturated carbocycles. The number of rotatable bonds is 7. The van der Waals surface area contributed by atoms with Gasteiger partial charge in [0.2, 0.25) is 0 Å². The molecule has 3 aromatic rings. The number of nitroso groups, excluding NO2 is 1. The molecule has 2 atom stereocenters. The van der Waals surface area contributed by atoms with Gasteiger partial charge in [-0.2, -0.15) is 4.91 Å². The summed E-state index contributed by atoms with van der Waals surface area (Å²) in [6.07, 6.45) is 2.26. The van der Waals surface area contributed by atoms with Gasteiger partial charge in [0.1, 0.15) is 6.04 Å². The van der Waals surface area contributed by atoms with Gasteiger partial charge in [-0.1, -0.05) is 41.6 Å². The van der Waals surface area contributed by atoms with Crippen LogP contribution in [0.4, 0.5) is 0 Å². The minimum Gasteiger partial charge on any atom is -0.345 e. The predicted octanol–water partition coefficient (Wildman–Crippen LogP) is 5.43. The Labute approximate surface area is 177 Å². The van der Waals surface area contributed by atoms with Crippen molar-refractivity contribution in [3.63, 3.8) is 0 Å². The van der Waals surface area contributed by atoms with Gasteiger partial charge in [0.05, 0.1) is 0 Å². The molecular weight excluding hydrogens is 374 g/mol. The van der Waals surface area contributed by atoms with Crippen LogP contribution in [0, 0.1) is 18.8 Å². The minimum atomic E-state index is -0.487. The van der Waals surface area contributed by atoms with Crippen molar-refractivity contribution in [2.45, 2.75) is 32.2 Å². The average molecular weight is 402 g/mol. The molecule has 1 heterocycles. The van der Waals surface area contributed by atoms with Crippen LogP contribution in [0.25, 0.3) is 0 Å². The highest BCUT2D eigenvalue weighted by Crippen LogP contribution is 2.37. The van der Waals surface area contributed by atoms with Crippen LogP contribution in [0.3, 0.4) is 0 Å². The van der Waals surface area contributed by atoms with E-state index in [4.69, 9.17) is 0 Å². The maximum atomic E-state index is 12.3. The molecule has 0 radical (unpaired) electrons. The van der Waals surface area contributed by atoms with Crippen LogP contribution in [-0.2, 0) is 0 Å². The molecule has 5 heteroatoms. The van der Waals surface area contributed by atoms with Crippen LogP contribution < -0.4 is 0 Å². The molecule has 0 saturated heterocycles. The van der Waals surface area contributed by atoms with E-state index < -0.39 is 6.04 Å². The number of pyridine rings is 1. The SMILES string of the molecule is Cc1cc(C(C[C@H](c2ccc(C(=O)N(C)C)cc2)c2ccccc2C)N=O)ccn1. The van der Waals surface area contributed by atoms with Crippen LogP contribution in [0.1, 0.15) is 56.7 Å². The molecule has 0 bridgehead atoms. The number of nitrogens with zero attached hydrogens (tertiary/aromatic N) is 3. The van der Waals surface area contributed by atoms with Crippen molar-refractivity contribution in [3.8, 4) is 0 Å². The van der Waals surface area contributed by atoms with Crippen LogP contribution in [-0.4, -0.2) is 29.9 Å². The lowest BCUT2D eigenvalue weighted by atomic mass is 9.82. The molecule has 30 heavy (non-hydrogen) atoms. The van der Waals surface area contributed by atoms with E-state index in [0.29, 0.717) is 12.0 Å². The van der Waals surface area contributed by atoms with E-state index in [1.807, 2.05) is 55.5 Å². The number of aromatic nitrogens is 1. The molecule has 0 aliphatic carbocycles. The molecule has 0 spiro atoms. The maximum Gasteiger partial charge on any atom is 0.253 e. The number of benzene rings is 2. The van der Waals surface area contributed by atoms with Gasteiger partial charge in [-0.3, -0.25) is 9.78 Å². The molecule has 2 aromatic carbocycles. The third kappa shape index (κ3) is 4.79.